The number of nitrogens with one attached hydrogen (secondary N) is 1. The zero-order valence-electron chi connectivity index (χ0n) is 10.7. The number of nitrogens with zero attached hydrogens (tertiary/aromatic N) is 1. The predicted octanol–water partition coefficient (Wildman–Crippen LogP) is 5.35. The van der Waals surface area contributed by atoms with E-state index < -0.39 is 0 Å². The van der Waals surface area contributed by atoms with E-state index >= 15 is 0 Å². The number of fused-ring (bicyclic) bond motifs is 1. The van der Waals surface area contributed by atoms with Crippen LogP contribution in [0.1, 0.15) is 11.1 Å². The number of aromatic nitrogens is 1. The van der Waals surface area contributed by atoms with Crippen molar-refractivity contribution < 1.29 is 4.74 Å². The molecule has 0 bridgehead atoms. The average molecular weight is 409 g/mol. The van der Waals surface area contributed by atoms with Gasteiger partial charge in [0.1, 0.15) is 16.7 Å². The van der Waals surface area contributed by atoms with E-state index in [2.05, 4.69) is 32.3 Å². The Hall–Kier alpha value is -0.680. The first-order chi connectivity index (χ1) is 10.0. The maximum Gasteiger partial charge on any atom is 0.150 e. The minimum Gasteiger partial charge on any atom is -0.493 e. The molecule has 1 aromatic heterocycles. The molecule has 21 heavy (non-hydrogen) atoms. The molecular formula is C14H10BrCl3N2O. The molecule has 7 heteroatoms. The van der Waals surface area contributed by atoms with Crippen molar-refractivity contribution >= 4 is 56.6 Å². The summed E-state index contributed by atoms with van der Waals surface area (Å²) in [4.78, 5) is 4.14. The van der Waals surface area contributed by atoms with Crippen molar-refractivity contribution in [1.82, 2.24) is 4.98 Å². The average Bonchev–Trinajstić information content (AvgIpc) is 2.89. The Morgan fingerprint density at radius 1 is 1.19 bits per heavy atom. The lowest BCUT2D eigenvalue weighted by Crippen LogP contribution is -2.04. The van der Waals surface area contributed by atoms with Crippen LogP contribution in [0.4, 0.5) is 5.82 Å². The van der Waals surface area contributed by atoms with Gasteiger partial charge in [0.25, 0.3) is 0 Å². The molecule has 110 valence electrons. The van der Waals surface area contributed by atoms with Crippen molar-refractivity contribution in [3.8, 4) is 5.75 Å². The maximum absolute atomic E-state index is 6.11. The Bertz CT molecular complexity index is 709. The molecule has 3 rings (SSSR count). The van der Waals surface area contributed by atoms with Crippen molar-refractivity contribution in [2.45, 2.75) is 13.0 Å². The van der Waals surface area contributed by atoms with Crippen molar-refractivity contribution in [2.24, 2.45) is 0 Å². The van der Waals surface area contributed by atoms with Crippen LogP contribution in [0, 0.1) is 0 Å². The minimum atomic E-state index is 0.222. The number of hydrogen-bond acceptors (Lipinski definition) is 3. The molecule has 0 aliphatic carbocycles. The van der Waals surface area contributed by atoms with Crippen LogP contribution in [-0.4, -0.2) is 11.6 Å². The van der Waals surface area contributed by atoms with Crippen LogP contribution in [-0.2, 0) is 13.0 Å². The number of ether oxygens (including phenoxy) is 1. The molecule has 0 radical (unpaired) electrons. The molecule has 0 unspecified atom stereocenters. The molecule has 1 aliphatic heterocycles. The summed E-state index contributed by atoms with van der Waals surface area (Å²) in [6.07, 6.45) is 0.924. The van der Waals surface area contributed by atoms with Gasteiger partial charge in [0.05, 0.1) is 16.7 Å². The molecule has 1 aliphatic rings. The SMILES string of the molecule is Clc1cc(Cl)c(NCc2cc(Br)cc3c2OCC3)nc1Cl. The van der Waals surface area contributed by atoms with Crippen LogP contribution in [0.5, 0.6) is 5.75 Å². The molecule has 0 atom stereocenters. The normalized spacial score (nSPS) is 13.0. The van der Waals surface area contributed by atoms with E-state index in [4.69, 9.17) is 39.5 Å². The molecule has 1 N–H and O–H groups in total. The van der Waals surface area contributed by atoms with Crippen molar-refractivity contribution in [3.05, 3.63) is 49.0 Å². The molecule has 2 heterocycles. The summed E-state index contributed by atoms with van der Waals surface area (Å²) in [5, 5.41) is 4.15. The summed E-state index contributed by atoms with van der Waals surface area (Å²) in [6.45, 7) is 1.25. The maximum atomic E-state index is 6.11. The summed E-state index contributed by atoms with van der Waals surface area (Å²) >= 11 is 21.4. The van der Waals surface area contributed by atoms with Gasteiger partial charge in [0, 0.05) is 23.0 Å². The second-order valence-corrected chi connectivity index (χ2v) is 6.68. The zero-order chi connectivity index (χ0) is 15.0. The lowest BCUT2D eigenvalue weighted by atomic mass is 10.1. The van der Waals surface area contributed by atoms with Crippen molar-refractivity contribution in [3.63, 3.8) is 0 Å². The molecule has 0 spiro atoms. The minimum absolute atomic E-state index is 0.222. The van der Waals surface area contributed by atoms with Crippen molar-refractivity contribution in [1.29, 1.82) is 0 Å². The van der Waals surface area contributed by atoms with Crippen LogP contribution in [0.3, 0.4) is 0 Å². The van der Waals surface area contributed by atoms with Crippen LogP contribution in [0.15, 0.2) is 22.7 Å². The van der Waals surface area contributed by atoms with Crippen LogP contribution >= 0.6 is 50.7 Å². The fourth-order valence-corrected chi connectivity index (χ4v) is 3.34. The van der Waals surface area contributed by atoms with E-state index in [9.17, 15) is 0 Å². The first-order valence-corrected chi connectivity index (χ1v) is 8.17. The largest absolute Gasteiger partial charge is 0.493 e. The van der Waals surface area contributed by atoms with Gasteiger partial charge in [-0.05, 0) is 23.8 Å². The predicted molar refractivity (Wildman–Crippen MR) is 89.9 cm³/mol. The van der Waals surface area contributed by atoms with Gasteiger partial charge < -0.3 is 10.1 Å². The van der Waals surface area contributed by atoms with Crippen LogP contribution in [0.2, 0.25) is 15.2 Å². The Labute approximate surface area is 145 Å². The smallest absolute Gasteiger partial charge is 0.150 e. The highest BCUT2D eigenvalue weighted by Gasteiger charge is 2.18. The van der Waals surface area contributed by atoms with E-state index in [1.165, 1.54) is 5.56 Å². The highest BCUT2D eigenvalue weighted by Crippen LogP contribution is 2.34. The standard InChI is InChI=1S/C14H10BrCl3N2O/c15-9-3-7-1-2-21-12(7)8(4-9)6-19-14-11(17)5-10(16)13(18)20-14/h3-5H,1-2,6H2,(H,19,20). The number of pyridine rings is 1. The number of hydrogen-bond donors (Lipinski definition) is 1. The third-order valence-corrected chi connectivity index (χ3v) is 4.58. The number of halogens is 4. The number of anilines is 1. The molecule has 3 nitrogen and oxygen atoms in total. The summed E-state index contributed by atoms with van der Waals surface area (Å²) in [5.74, 6) is 1.43. The van der Waals surface area contributed by atoms with Crippen LogP contribution < -0.4 is 10.1 Å². The first-order valence-electron chi connectivity index (χ1n) is 6.24. The second-order valence-electron chi connectivity index (χ2n) is 4.60. The molecule has 0 saturated heterocycles. The van der Waals surface area contributed by atoms with Crippen LogP contribution in [0.25, 0.3) is 0 Å². The van der Waals surface area contributed by atoms with E-state index in [1.54, 1.807) is 6.07 Å². The summed E-state index contributed by atoms with van der Waals surface area (Å²) in [6, 6.07) is 5.67. The Kier molecular flexibility index (Phi) is 4.50. The van der Waals surface area contributed by atoms with Gasteiger partial charge >= 0.3 is 0 Å². The molecule has 0 saturated carbocycles. The fourth-order valence-electron chi connectivity index (χ4n) is 2.22. The summed E-state index contributed by atoms with van der Waals surface area (Å²) in [7, 11) is 0. The lowest BCUT2D eigenvalue weighted by molar-refractivity contribution is 0.354. The van der Waals surface area contributed by atoms with E-state index in [0.29, 0.717) is 29.0 Å². The van der Waals surface area contributed by atoms with Gasteiger partial charge in [-0.25, -0.2) is 4.98 Å². The Morgan fingerprint density at radius 3 is 2.81 bits per heavy atom. The van der Waals surface area contributed by atoms with Crippen molar-refractivity contribution in [2.75, 3.05) is 11.9 Å². The molecule has 2 aromatic rings. The van der Waals surface area contributed by atoms with Gasteiger partial charge in [0.2, 0.25) is 0 Å². The topological polar surface area (TPSA) is 34.1 Å². The van der Waals surface area contributed by atoms with E-state index in [1.807, 2.05) is 6.07 Å². The third kappa shape index (κ3) is 3.24. The highest BCUT2D eigenvalue weighted by atomic mass is 79.9. The van der Waals surface area contributed by atoms with Gasteiger partial charge in [-0.2, -0.15) is 0 Å². The second kappa shape index (κ2) is 6.21. The summed E-state index contributed by atoms with van der Waals surface area (Å²) < 4.78 is 6.71. The quantitative estimate of drug-likeness (QED) is 0.695. The highest BCUT2D eigenvalue weighted by molar-refractivity contribution is 9.10. The Balaban J connectivity index is 1.84. The summed E-state index contributed by atoms with van der Waals surface area (Å²) in [5.41, 5.74) is 2.25. The van der Waals surface area contributed by atoms with Gasteiger partial charge in [-0.3, -0.25) is 0 Å². The molecule has 1 aromatic carbocycles. The van der Waals surface area contributed by atoms with Gasteiger partial charge in [-0.1, -0.05) is 50.7 Å². The number of rotatable bonds is 3. The molecule has 0 amide bonds. The Morgan fingerprint density at radius 2 is 2.00 bits per heavy atom. The van der Waals surface area contributed by atoms with E-state index in [0.717, 1.165) is 22.2 Å². The fraction of sp³-hybridized carbons (Fsp3) is 0.214. The van der Waals surface area contributed by atoms with E-state index in [-0.39, 0.29) is 5.15 Å². The monoisotopic (exact) mass is 406 g/mol. The van der Waals surface area contributed by atoms with Gasteiger partial charge in [0.15, 0.2) is 0 Å². The first kappa shape index (κ1) is 15.2. The molecular weight excluding hydrogens is 398 g/mol. The zero-order valence-corrected chi connectivity index (χ0v) is 14.6. The number of benzene rings is 1. The van der Waals surface area contributed by atoms with Gasteiger partial charge in [-0.15, -0.1) is 0 Å². The molecule has 0 fully saturated rings. The lowest BCUT2D eigenvalue weighted by Gasteiger charge is -2.12. The third-order valence-electron chi connectivity index (χ3n) is 3.16.